The Bertz CT molecular complexity index is 1120. The molecule has 2 aromatic heterocycles. The maximum absolute atomic E-state index is 13.8. The number of amides is 1. The van der Waals surface area contributed by atoms with Gasteiger partial charge in [-0.3, -0.25) is 4.79 Å². The summed E-state index contributed by atoms with van der Waals surface area (Å²) in [6.07, 6.45) is 5.05. The van der Waals surface area contributed by atoms with Crippen molar-refractivity contribution in [3.05, 3.63) is 46.3 Å². The number of piperidine rings is 1. The lowest BCUT2D eigenvalue weighted by Gasteiger charge is -2.37. The molecule has 5 nitrogen and oxygen atoms in total. The van der Waals surface area contributed by atoms with E-state index in [1.807, 2.05) is 11.0 Å². The van der Waals surface area contributed by atoms with E-state index in [9.17, 15) is 9.18 Å². The second-order valence-corrected chi connectivity index (χ2v) is 9.49. The van der Waals surface area contributed by atoms with E-state index in [4.69, 9.17) is 0 Å². The fourth-order valence-corrected chi connectivity index (χ4v) is 5.73. The van der Waals surface area contributed by atoms with Gasteiger partial charge >= 0.3 is 0 Å². The third kappa shape index (κ3) is 3.25. The zero-order valence-corrected chi connectivity index (χ0v) is 18.1. The molecule has 1 saturated heterocycles. The van der Waals surface area contributed by atoms with Gasteiger partial charge in [-0.15, -0.1) is 11.3 Å². The molecule has 4 heterocycles. The number of hydrogen-bond donors (Lipinski definition) is 0. The number of fused-ring (bicyclic) bond motifs is 2. The van der Waals surface area contributed by atoms with Gasteiger partial charge in [0, 0.05) is 36.1 Å². The van der Waals surface area contributed by atoms with Crippen LogP contribution in [0.5, 0.6) is 0 Å². The van der Waals surface area contributed by atoms with E-state index < -0.39 is 0 Å². The molecular formula is C23H25FN4OS. The summed E-state index contributed by atoms with van der Waals surface area (Å²) in [4.78, 5) is 28.7. The second kappa shape index (κ2) is 7.61. The van der Waals surface area contributed by atoms with E-state index in [1.165, 1.54) is 22.6 Å². The van der Waals surface area contributed by atoms with E-state index in [2.05, 4.69) is 28.7 Å². The van der Waals surface area contributed by atoms with E-state index in [1.54, 1.807) is 17.7 Å². The molecule has 30 heavy (non-hydrogen) atoms. The van der Waals surface area contributed by atoms with Crippen LogP contribution in [0, 0.1) is 25.6 Å². The molecule has 1 fully saturated rings. The highest BCUT2D eigenvalue weighted by atomic mass is 32.1. The Hall–Kier alpha value is -2.54. The van der Waals surface area contributed by atoms with Gasteiger partial charge in [-0.1, -0.05) is 6.07 Å². The Balaban J connectivity index is 1.34. The predicted molar refractivity (Wildman–Crippen MR) is 119 cm³/mol. The Morgan fingerprint density at radius 2 is 1.97 bits per heavy atom. The molecule has 2 aliphatic heterocycles. The number of anilines is 2. The average Bonchev–Trinajstić information content (AvgIpc) is 3.06. The second-order valence-electron chi connectivity index (χ2n) is 8.29. The quantitative estimate of drug-likeness (QED) is 0.601. The van der Waals surface area contributed by atoms with Gasteiger partial charge in [-0.05, 0) is 62.8 Å². The van der Waals surface area contributed by atoms with Crippen LogP contribution in [0.25, 0.3) is 10.2 Å². The average molecular weight is 425 g/mol. The van der Waals surface area contributed by atoms with Crippen molar-refractivity contribution in [2.24, 2.45) is 5.92 Å². The van der Waals surface area contributed by atoms with E-state index >= 15 is 0 Å². The number of thiophene rings is 1. The Kier molecular flexibility index (Phi) is 4.93. The van der Waals surface area contributed by atoms with Gasteiger partial charge in [0.25, 0.3) is 0 Å². The van der Waals surface area contributed by atoms with Crippen LogP contribution in [0.15, 0.2) is 24.5 Å². The summed E-state index contributed by atoms with van der Waals surface area (Å²) in [5.41, 5.74) is 3.08. The van der Waals surface area contributed by atoms with E-state index in [0.29, 0.717) is 6.54 Å². The minimum atomic E-state index is -0.280. The van der Waals surface area contributed by atoms with Crippen molar-refractivity contribution >= 4 is 39.0 Å². The van der Waals surface area contributed by atoms with Crippen molar-refractivity contribution in [2.75, 3.05) is 29.4 Å². The molecule has 0 spiro atoms. The lowest BCUT2D eigenvalue weighted by molar-refractivity contribution is -0.123. The number of carbonyl (C=O) groups is 1. The highest BCUT2D eigenvalue weighted by Gasteiger charge is 2.32. The summed E-state index contributed by atoms with van der Waals surface area (Å²) in [6, 6.07) is 4.82. The van der Waals surface area contributed by atoms with Crippen LogP contribution in [0.3, 0.4) is 0 Å². The molecule has 1 amide bonds. The number of rotatable bonds is 2. The molecule has 0 aliphatic carbocycles. The molecule has 0 N–H and O–H groups in total. The Morgan fingerprint density at radius 1 is 1.17 bits per heavy atom. The van der Waals surface area contributed by atoms with Gasteiger partial charge in [0.15, 0.2) is 0 Å². The largest absolute Gasteiger partial charge is 0.356 e. The summed E-state index contributed by atoms with van der Waals surface area (Å²) >= 11 is 1.71. The van der Waals surface area contributed by atoms with Crippen molar-refractivity contribution in [1.82, 2.24) is 9.97 Å². The molecule has 0 saturated carbocycles. The SMILES string of the molecule is Cc1sc2ncnc(N3CCC(C(=O)N4CCCc5ccc(F)cc54)CC3)c2c1C. The lowest BCUT2D eigenvalue weighted by atomic mass is 9.93. The fraction of sp³-hybridized carbons (Fsp3) is 0.435. The molecule has 0 unspecified atom stereocenters. The number of carbonyl (C=O) groups excluding carboxylic acids is 1. The lowest BCUT2D eigenvalue weighted by Crippen LogP contribution is -2.44. The molecule has 5 rings (SSSR count). The normalized spacial score (nSPS) is 17.4. The topological polar surface area (TPSA) is 49.3 Å². The zero-order chi connectivity index (χ0) is 20.8. The molecular weight excluding hydrogens is 399 g/mol. The fourth-order valence-electron chi connectivity index (χ4n) is 4.74. The summed E-state index contributed by atoms with van der Waals surface area (Å²) in [5.74, 6) is 0.810. The maximum Gasteiger partial charge on any atom is 0.230 e. The summed E-state index contributed by atoms with van der Waals surface area (Å²) in [5, 5.41) is 1.14. The van der Waals surface area contributed by atoms with E-state index in [0.717, 1.165) is 66.1 Å². The standard InChI is InChI=1S/C23H25FN4OS/c1-14-15(2)30-22-20(14)21(25-13-26-22)27-10-7-17(8-11-27)23(29)28-9-3-4-16-5-6-18(24)12-19(16)28/h5-6,12-13,17H,3-4,7-11H2,1-2H3. The minimum absolute atomic E-state index is 0.0295. The molecule has 156 valence electrons. The molecule has 0 radical (unpaired) electrons. The molecule has 1 aromatic carbocycles. The van der Waals surface area contributed by atoms with Gasteiger partial charge in [-0.25, -0.2) is 14.4 Å². The number of benzene rings is 1. The number of aryl methyl sites for hydroxylation is 3. The van der Waals surface area contributed by atoms with Crippen LogP contribution in [-0.2, 0) is 11.2 Å². The molecule has 7 heteroatoms. The van der Waals surface area contributed by atoms with Crippen molar-refractivity contribution < 1.29 is 9.18 Å². The first kappa shape index (κ1) is 19.4. The summed E-state index contributed by atoms with van der Waals surface area (Å²) in [6.45, 7) is 6.51. The Morgan fingerprint density at radius 3 is 2.77 bits per heavy atom. The number of aromatic nitrogens is 2. The summed E-state index contributed by atoms with van der Waals surface area (Å²) in [7, 11) is 0. The van der Waals surface area contributed by atoms with Gasteiger partial charge in [0.2, 0.25) is 5.91 Å². The van der Waals surface area contributed by atoms with Crippen molar-refractivity contribution in [3.8, 4) is 0 Å². The smallest absolute Gasteiger partial charge is 0.230 e. The van der Waals surface area contributed by atoms with Crippen molar-refractivity contribution in [2.45, 2.75) is 39.5 Å². The monoisotopic (exact) mass is 424 g/mol. The van der Waals surface area contributed by atoms with Gasteiger partial charge in [0.05, 0.1) is 5.39 Å². The predicted octanol–water partition coefficient (Wildman–Crippen LogP) is 4.64. The van der Waals surface area contributed by atoms with Crippen LogP contribution in [-0.4, -0.2) is 35.5 Å². The van der Waals surface area contributed by atoms with Crippen molar-refractivity contribution in [1.29, 1.82) is 0 Å². The molecule has 2 aliphatic rings. The number of nitrogens with zero attached hydrogens (tertiary/aromatic N) is 4. The van der Waals surface area contributed by atoms with Gasteiger partial charge in [0.1, 0.15) is 22.8 Å². The van der Waals surface area contributed by atoms with E-state index in [-0.39, 0.29) is 17.6 Å². The molecule has 0 atom stereocenters. The van der Waals surface area contributed by atoms with Crippen LogP contribution in [0.4, 0.5) is 15.9 Å². The summed E-state index contributed by atoms with van der Waals surface area (Å²) < 4.78 is 13.8. The van der Waals surface area contributed by atoms with Crippen molar-refractivity contribution in [3.63, 3.8) is 0 Å². The number of halogens is 1. The molecule has 3 aromatic rings. The first-order chi connectivity index (χ1) is 14.5. The minimum Gasteiger partial charge on any atom is -0.356 e. The van der Waals surface area contributed by atoms with Gasteiger partial charge < -0.3 is 9.80 Å². The third-order valence-electron chi connectivity index (χ3n) is 6.52. The third-order valence-corrected chi connectivity index (χ3v) is 7.64. The Labute approximate surface area is 179 Å². The first-order valence-electron chi connectivity index (χ1n) is 10.6. The first-order valence-corrected chi connectivity index (χ1v) is 11.4. The van der Waals surface area contributed by atoms with Crippen LogP contribution in [0.1, 0.15) is 35.3 Å². The number of hydrogen-bond acceptors (Lipinski definition) is 5. The van der Waals surface area contributed by atoms with Crippen LogP contribution in [0.2, 0.25) is 0 Å². The molecule has 0 bridgehead atoms. The maximum atomic E-state index is 13.8. The highest BCUT2D eigenvalue weighted by Crippen LogP contribution is 2.36. The highest BCUT2D eigenvalue weighted by molar-refractivity contribution is 7.18. The van der Waals surface area contributed by atoms with Crippen LogP contribution >= 0.6 is 11.3 Å². The van der Waals surface area contributed by atoms with Gasteiger partial charge in [-0.2, -0.15) is 0 Å². The zero-order valence-electron chi connectivity index (χ0n) is 17.3. The van der Waals surface area contributed by atoms with Crippen LogP contribution < -0.4 is 9.80 Å².